The largest absolute Gasteiger partial charge is 0.459 e. The molecule has 0 aliphatic carbocycles. The molecule has 2 heterocycles. The minimum atomic E-state index is -0.317. The molecule has 0 spiro atoms. The Kier molecular flexibility index (Phi) is 5.80. The van der Waals surface area contributed by atoms with E-state index in [1.54, 1.807) is 17.0 Å². The lowest BCUT2D eigenvalue weighted by Crippen LogP contribution is -2.43. The van der Waals surface area contributed by atoms with Crippen LogP contribution in [0.2, 0.25) is 0 Å². The summed E-state index contributed by atoms with van der Waals surface area (Å²) in [6.07, 6.45) is 5.63. The molecule has 1 aliphatic rings. The summed E-state index contributed by atoms with van der Waals surface area (Å²) in [5.41, 5.74) is 0. The van der Waals surface area contributed by atoms with Gasteiger partial charge >= 0.3 is 0 Å². The summed E-state index contributed by atoms with van der Waals surface area (Å²) in [4.78, 5) is 25.7. The molecule has 1 aliphatic heterocycles. The molecule has 0 radical (unpaired) electrons. The van der Waals surface area contributed by atoms with E-state index in [0.29, 0.717) is 6.54 Å². The van der Waals surface area contributed by atoms with E-state index >= 15 is 0 Å². The Labute approximate surface area is 124 Å². The zero-order chi connectivity index (χ0) is 15.1. The highest BCUT2D eigenvalue weighted by Gasteiger charge is 2.24. The molecule has 2 rings (SSSR count). The van der Waals surface area contributed by atoms with E-state index in [0.717, 1.165) is 25.7 Å². The number of likely N-dealkylation sites (tertiary alicyclic amines) is 1. The summed E-state index contributed by atoms with van der Waals surface area (Å²) < 4.78 is 4.98. The smallest absolute Gasteiger partial charge is 0.286 e. The summed E-state index contributed by atoms with van der Waals surface area (Å²) in [5, 5.41) is 12.1. The third-order valence-electron chi connectivity index (χ3n) is 3.78. The molecule has 1 aromatic heterocycles. The van der Waals surface area contributed by atoms with Gasteiger partial charge in [0.1, 0.15) is 0 Å². The van der Waals surface area contributed by atoms with Crippen LogP contribution in [-0.4, -0.2) is 47.6 Å². The average molecular weight is 294 g/mol. The fourth-order valence-electron chi connectivity index (χ4n) is 2.62. The fraction of sp³-hybridized carbons (Fsp3) is 0.600. The number of carbonyl (C=O) groups is 2. The summed E-state index contributed by atoms with van der Waals surface area (Å²) >= 11 is 0. The van der Waals surface area contributed by atoms with Gasteiger partial charge in [-0.05, 0) is 25.0 Å². The maximum absolute atomic E-state index is 12.2. The molecule has 116 valence electrons. The number of amides is 2. The lowest BCUT2D eigenvalue weighted by Gasteiger charge is -2.28. The van der Waals surface area contributed by atoms with Gasteiger partial charge in [0.25, 0.3) is 5.91 Å². The maximum atomic E-state index is 12.2. The number of aliphatic hydroxyl groups excluding tert-OH is 1. The first-order valence-corrected chi connectivity index (χ1v) is 7.44. The number of hydrogen-bond donors (Lipinski definition) is 2. The minimum absolute atomic E-state index is 0.00446. The highest BCUT2D eigenvalue weighted by molar-refractivity contribution is 5.91. The number of rotatable bonds is 5. The first-order chi connectivity index (χ1) is 10.2. The number of furan rings is 1. The molecule has 1 aromatic rings. The van der Waals surface area contributed by atoms with Crippen molar-refractivity contribution in [3.63, 3.8) is 0 Å². The zero-order valence-corrected chi connectivity index (χ0v) is 12.1. The second-order valence-corrected chi connectivity index (χ2v) is 5.26. The number of nitrogens with zero attached hydrogens (tertiary/aromatic N) is 1. The van der Waals surface area contributed by atoms with Crippen LogP contribution in [0.1, 0.15) is 42.7 Å². The van der Waals surface area contributed by atoms with E-state index in [-0.39, 0.29) is 43.2 Å². The first kappa shape index (κ1) is 15.6. The standard InChI is InChI=1S/C15H22N2O4/c18-11-12-5-2-1-3-9-17(12)14(19)7-8-16-15(20)13-6-4-10-21-13/h4,6,10,12,18H,1-3,5,7-9,11H2,(H,16,20). The molecule has 21 heavy (non-hydrogen) atoms. The lowest BCUT2D eigenvalue weighted by molar-refractivity contribution is -0.134. The van der Waals surface area contributed by atoms with Crippen molar-refractivity contribution in [3.8, 4) is 0 Å². The summed E-state index contributed by atoms with van der Waals surface area (Å²) in [5.74, 6) is -0.0940. The SMILES string of the molecule is O=C(NCCC(=O)N1CCCCCC1CO)c1ccco1. The van der Waals surface area contributed by atoms with Gasteiger partial charge in [0.15, 0.2) is 5.76 Å². The maximum Gasteiger partial charge on any atom is 0.286 e. The summed E-state index contributed by atoms with van der Waals surface area (Å²) in [7, 11) is 0. The molecule has 6 nitrogen and oxygen atoms in total. The van der Waals surface area contributed by atoms with Crippen molar-refractivity contribution < 1.29 is 19.1 Å². The van der Waals surface area contributed by atoms with Gasteiger partial charge in [0.2, 0.25) is 5.91 Å². The van der Waals surface area contributed by atoms with Gasteiger partial charge in [-0.15, -0.1) is 0 Å². The topological polar surface area (TPSA) is 82.8 Å². The van der Waals surface area contributed by atoms with Crippen LogP contribution in [-0.2, 0) is 4.79 Å². The van der Waals surface area contributed by atoms with Gasteiger partial charge in [-0.2, -0.15) is 0 Å². The molecule has 2 amide bonds. The van der Waals surface area contributed by atoms with Crippen LogP contribution in [0.5, 0.6) is 0 Å². The van der Waals surface area contributed by atoms with Crippen molar-refractivity contribution in [2.75, 3.05) is 19.7 Å². The van der Waals surface area contributed by atoms with Crippen LogP contribution in [0.15, 0.2) is 22.8 Å². The molecule has 0 bridgehead atoms. The Hall–Kier alpha value is -1.82. The van der Waals surface area contributed by atoms with Crippen molar-refractivity contribution in [1.29, 1.82) is 0 Å². The highest BCUT2D eigenvalue weighted by atomic mass is 16.3. The van der Waals surface area contributed by atoms with Crippen molar-refractivity contribution in [1.82, 2.24) is 10.2 Å². The highest BCUT2D eigenvalue weighted by Crippen LogP contribution is 2.17. The third-order valence-corrected chi connectivity index (χ3v) is 3.78. The molecule has 1 fully saturated rings. The van der Waals surface area contributed by atoms with Gasteiger partial charge in [-0.3, -0.25) is 9.59 Å². The molecule has 0 saturated carbocycles. The van der Waals surface area contributed by atoms with Crippen LogP contribution >= 0.6 is 0 Å². The van der Waals surface area contributed by atoms with E-state index in [4.69, 9.17) is 4.42 Å². The van der Waals surface area contributed by atoms with Gasteiger partial charge in [0.05, 0.1) is 18.9 Å². The average Bonchev–Trinajstić information content (AvgIpc) is 2.92. The fourth-order valence-corrected chi connectivity index (χ4v) is 2.62. The Bertz CT molecular complexity index is 458. The predicted molar refractivity (Wildman–Crippen MR) is 76.7 cm³/mol. The molecule has 1 unspecified atom stereocenters. The summed E-state index contributed by atoms with van der Waals surface area (Å²) in [6, 6.07) is 3.14. The Morgan fingerprint density at radius 2 is 2.24 bits per heavy atom. The van der Waals surface area contributed by atoms with Gasteiger partial charge in [-0.25, -0.2) is 0 Å². The van der Waals surface area contributed by atoms with Gasteiger partial charge in [-0.1, -0.05) is 12.8 Å². The van der Waals surface area contributed by atoms with Crippen molar-refractivity contribution >= 4 is 11.8 Å². The van der Waals surface area contributed by atoms with E-state index in [9.17, 15) is 14.7 Å². The van der Waals surface area contributed by atoms with E-state index < -0.39 is 0 Å². The lowest BCUT2D eigenvalue weighted by atomic mass is 10.1. The van der Waals surface area contributed by atoms with Gasteiger partial charge < -0.3 is 19.7 Å². The normalized spacial score (nSPS) is 19.1. The number of hydrogen-bond acceptors (Lipinski definition) is 4. The molecule has 1 saturated heterocycles. The third kappa shape index (κ3) is 4.32. The molecular weight excluding hydrogens is 272 g/mol. The second kappa shape index (κ2) is 7.83. The second-order valence-electron chi connectivity index (χ2n) is 5.26. The minimum Gasteiger partial charge on any atom is -0.459 e. The van der Waals surface area contributed by atoms with Crippen LogP contribution in [0.25, 0.3) is 0 Å². The van der Waals surface area contributed by atoms with Crippen molar-refractivity contribution in [2.45, 2.75) is 38.1 Å². The van der Waals surface area contributed by atoms with E-state index in [1.165, 1.54) is 6.26 Å². The van der Waals surface area contributed by atoms with E-state index in [2.05, 4.69) is 5.32 Å². The number of carbonyl (C=O) groups excluding carboxylic acids is 2. The Balaban J connectivity index is 1.79. The quantitative estimate of drug-likeness (QED) is 0.854. The van der Waals surface area contributed by atoms with Crippen LogP contribution in [0, 0.1) is 0 Å². The zero-order valence-electron chi connectivity index (χ0n) is 12.1. The first-order valence-electron chi connectivity index (χ1n) is 7.44. The van der Waals surface area contributed by atoms with Crippen molar-refractivity contribution in [2.24, 2.45) is 0 Å². The Morgan fingerprint density at radius 3 is 2.95 bits per heavy atom. The van der Waals surface area contributed by atoms with E-state index in [1.807, 2.05) is 0 Å². The van der Waals surface area contributed by atoms with Crippen molar-refractivity contribution in [3.05, 3.63) is 24.2 Å². The van der Waals surface area contributed by atoms with Crippen LogP contribution in [0.3, 0.4) is 0 Å². The molecule has 1 atom stereocenters. The number of aliphatic hydroxyl groups is 1. The molecule has 2 N–H and O–H groups in total. The van der Waals surface area contributed by atoms with Gasteiger partial charge in [0, 0.05) is 19.5 Å². The number of nitrogens with one attached hydrogen (secondary N) is 1. The van der Waals surface area contributed by atoms with Crippen LogP contribution in [0.4, 0.5) is 0 Å². The molecular formula is C15H22N2O4. The molecule has 6 heteroatoms. The molecule has 0 aromatic carbocycles. The summed E-state index contributed by atoms with van der Waals surface area (Å²) in [6.45, 7) is 0.966. The Morgan fingerprint density at radius 1 is 1.38 bits per heavy atom. The predicted octanol–water partition coefficient (Wildman–Crippen LogP) is 1.16. The monoisotopic (exact) mass is 294 g/mol. The van der Waals surface area contributed by atoms with Crippen LogP contribution < -0.4 is 5.32 Å².